The Morgan fingerprint density at radius 3 is 0.976 bits per heavy atom. The van der Waals surface area contributed by atoms with E-state index in [1.54, 1.807) is 0 Å². The molecule has 0 N–H and O–H groups in total. The molecule has 9 nitrogen and oxygen atoms in total. The van der Waals surface area contributed by atoms with E-state index in [4.69, 9.17) is 39.8 Å². The van der Waals surface area contributed by atoms with Crippen molar-refractivity contribution in [3.8, 4) is 0 Å². The predicted octanol–water partition coefficient (Wildman–Crippen LogP) is 7.33. The van der Waals surface area contributed by atoms with Crippen LogP contribution >= 0.6 is 0 Å². The van der Waals surface area contributed by atoms with Gasteiger partial charge in [-0.3, -0.25) is 0 Å². The van der Waals surface area contributed by atoms with Crippen molar-refractivity contribution < 1.29 is 39.8 Å². The van der Waals surface area contributed by atoms with Crippen LogP contribution in [0.5, 0.6) is 0 Å². The summed E-state index contributed by atoms with van der Waals surface area (Å²) in [7, 11) is -8.09. The van der Waals surface area contributed by atoms with Crippen LogP contribution in [0.1, 0.15) is 101 Å². The maximum Gasteiger partial charge on any atom is 0.500 e. The van der Waals surface area contributed by atoms with Crippen LogP contribution in [0.3, 0.4) is 0 Å². The summed E-state index contributed by atoms with van der Waals surface area (Å²) in [5.74, 6) is 1.71. The van der Waals surface area contributed by atoms with E-state index >= 15 is 0 Å². The first-order valence-corrected chi connectivity index (χ1v) is 22.8. The first-order chi connectivity index (χ1) is 20.3. The van der Waals surface area contributed by atoms with Crippen molar-refractivity contribution in [1.29, 1.82) is 0 Å². The van der Waals surface area contributed by atoms with Gasteiger partial charge in [0.2, 0.25) is 0 Å². The van der Waals surface area contributed by atoms with Crippen molar-refractivity contribution in [1.82, 2.24) is 0 Å². The summed E-state index contributed by atoms with van der Waals surface area (Å²) in [6.45, 7) is 23.8. The maximum absolute atomic E-state index is 6.24. The highest BCUT2D eigenvalue weighted by Crippen LogP contribution is 2.43. The van der Waals surface area contributed by atoms with E-state index in [1.807, 2.05) is 62.3 Å². The minimum atomic E-state index is -2.73. The van der Waals surface area contributed by atoms with Gasteiger partial charge in [0.1, 0.15) is 0 Å². The zero-order valence-electron chi connectivity index (χ0n) is 28.6. The van der Waals surface area contributed by atoms with Gasteiger partial charge in [-0.15, -0.1) is 0 Å². The zero-order valence-corrected chi connectivity index (χ0v) is 31.6. The second kappa shape index (κ2) is 22.7. The van der Waals surface area contributed by atoms with Crippen LogP contribution in [0, 0.1) is 17.8 Å². The molecule has 0 aromatic rings. The molecule has 0 heterocycles. The van der Waals surface area contributed by atoms with Gasteiger partial charge in [-0.1, -0.05) is 6.42 Å². The Labute approximate surface area is 262 Å². The molecule has 0 radical (unpaired) electrons. The molecule has 1 saturated carbocycles. The van der Waals surface area contributed by atoms with Crippen LogP contribution < -0.4 is 0 Å². The molecule has 0 amide bonds. The lowest BCUT2D eigenvalue weighted by atomic mass is 9.71. The van der Waals surface area contributed by atoms with Crippen molar-refractivity contribution in [3.63, 3.8) is 0 Å². The van der Waals surface area contributed by atoms with E-state index < -0.39 is 26.4 Å². The lowest BCUT2D eigenvalue weighted by Crippen LogP contribution is -2.47. The van der Waals surface area contributed by atoms with E-state index in [2.05, 4.69) is 0 Å². The first kappa shape index (κ1) is 40.3. The molecule has 1 rings (SSSR count). The van der Waals surface area contributed by atoms with Crippen molar-refractivity contribution in [2.75, 3.05) is 59.5 Å². The average molecular weight is 655 g/mol. The molecule has 0 unspecified atom stereocenters. The fourth-order valence-corrected chi connectivity index (χ4v) is 14.7. The van der Waals surface area contributed by atoms with Crippen LogP contribution in [0.4, 0.5) is 0 Å². The van der Waals surface area contributed by atoms with E-state index in [-0.39, 0.29) is 0 Å². The van der Waals surface area contributed by atoms with Gasteiger partial charge in [0.15, 0.2) is 0 Å². The van der Waals surface area contributed by atoms with Gasteiger partial charge in [0.25, 0.3) is 0 Å². The average Bonchev–Trinajstić information content (AvgIpc) is 2.96. The minimum Gasteiger partial charge on any atom is -0.374 e. The number of hydrogen-bond acceptors (Lipinski definition) is 9. The van der Waals surface area contributed by atoms with Gasteiger partial charge in [0, 0.05) is 77.6 Å². The quantitative estimate of drug-likeness (QED) is 0.0846. The fourth-order valence-electron chi connectivity index (χ4n) is 6.53. The fraction of sp³-hybridized carbons (Fsp3) is 1.00. The lowest BCUT2D eigenvalue weighted by molar-refractivity contribution is 0.0584. The van der Waals surface area contributed by atoms with Crippen LogP contribution in [0.15, 0.2) is 0 Å². The molecule has 1 aliphatic rings. The van der Waals surface area contributed by atoms with Crippen LogP contribution in [0.25, 0.3) is 0 Å². The topological polar surface area (TPSA) is 83.1 Å². The standard InChI is InChI=1S/C30H66O9Si3/c1-10-31-40(32-11-2,33-12-3)24-21-28-19-20-29(22-25-41(34-13-4,35-14-5)36-15-6)30(27-28)23-26-42(37-16-7,38-17-8)39-18-9/h28-30H,10-27H2,1-9H3/t28-,29-,30-/m1/s1. The summed E-state index contributed by atoms with van der Waals surface area (Å²) < 4.78 is 55.9. The third-order valence-electron chi connectivity index (χ3n) is 8.03. The zero-order chi connectivity index (χ0) is 31.3. The third kappa shape index (κ3) is 13.7. The highest BCUT2D eigenvalue weighted by Gasteiger charge is 2.46. The van der Waals surface area contributed by atoms with Crippen molar-refractivity contribution in [3.05, 3.63) is 0 Å². The molecular formula is C30H66O9Si3. The largest absolute Gasteiger partial charge is 0.500 e. The molecule has 0 aromatic carbocycles. The Morgan fingerprint density at radius 2 is 0.667 bits per heavy atom. The SMILES string of the molecule is CCO[Si](CC[C@H]1CC[C@H](CC[Si](OCC)(OCC)OCC)[C@H](CC[Si](OCC)(OCC)OCC)C1)(OCC)OCC. The molecule has 0 aliphatic heterocycles. The van der Waals surface area contributed by atoms with Gasteiger partial charge in [-0.05, 0) is 112 Å². The minimum absolute atomic E-state index is 0.538. The highest BCUT2D eigenvalue weighted by molar-refractivity contribution is 6.61. The van der Waals surface area contributed by atoms with Crippen molar-refractivity contribution >= 4 is 26.4 Å². The summed E-state index contributed by atoms with van der Waals surface area (Å²) >= 11 is 0. The second-order valence-corrected chi connectivity index (χ2v) is 19.0. The van der Waals surface area contributed by atoms with Gasteiger partial charge in [-0.25, -0.2) is 0 Å². The maximum atomic E-state index is 6.24. The molecule has 0 spiro atoms. The summed E-state index contributed by atoms with van der Waals surface area (Å²) in [6, 6.07) is 2.57. The molecule has 1 fully saturated rings. The Kier molecular flexibility index (Phi) is 21.8. The van der Waals surface area contributed by atoms with Gasteiger partial charge in [0.05, 0.1) is 0 Å². The number of rotatable bonds is 27. The molecule has 3 atom stereocenters. The van der Waals surface area contributed by atoms with E-state index in [0.717, 1.165) is 37.4 Å². The Hall–Kier alpha value is 0.291. The van der Waals surface area contributed by atoms with E-state index in [1.165, 1.54) is 19.3 Å². The van der Waals surface area contributed by atoms with Gasteiger partial charge in [-0.2, -0.15) is 0 Å². The normalized spacial score (nSPS) is 20.4. The summed E-state index contributed by atoms with van der Waals surface area (Å²) in [5.41, 5.74) is 0. The van der Waals surface area contributed by atoms with Crippen LogP contribution in [-0.2, 0) is 39.8 Å². The third-order valence-corrected chi connectivity index (χ3v) is 17.3. The first-order valence-electron chi connectivity index (χ1n) is 17.1. The Morgan fingerprint density at radius 1 is 0.381 bits per heavy atom. The molecule has 42 heavy (non-hydrogen) atoms. The lowest BCUT2D eigenvalue weighted by Gasteiger charge is -2.40. The molecule has 0 aromatic heterocycles. The number of hydrogen-bond donors (Lipinski definition) is 0. The molecule has 0 saturated heterocycles. The molecule has 252 valence electrons. The Balaban J connectivity index is 3.14. The summed E-state index contributed by atoms with van der Waals surface area (Å²) in [5, 5.41) is 0. The van der Waals surface area contributed by atoms with Gasteiger partial charge >= 0.3 is 26.4 Å². The van der Waals surface area contributed by atoms with Crippen LogP contribution in [0.2, 0.25) is 18.1 Å². The van der Waals surface area contributed by atoms with Crippen LogP contribution in [-0.4, -0.2) is 85.9 Å². The molecule has 1 aliphatic carbocycles. The monoisotopic (exact) mass is 654 g/mol. The highest BCUT2D eigenvalue weighted by atomic mass is 28.4. The van der Waals surface area contributed by atoms with Crippen molar-refractivity contribution in [2.24, 2.45) is 17.8 Å². The smallest absolute Gasteiger partial charge is 0.374 e. The van der Waals surface area contributed by atoms with E-state index in [9.17, 15) is 0 Å². The second-order valence-electron chi connectivity index (χ2n) is 10.8. The van der Waals surface area contributed by atoms with E-state index in [0.29, 0.717) is 77.2 Å². The van der Waals surface area contributed by atoms with Gasteiger partial charge < -0.3 is 39.8 Å². The van der Waals surface area contributed by atoms with Crippen molar-refractivity contribution in [2.45, 2.75) is 119 Å². The summed E-state index contributed by atoms with van der Waals surface area (Å²) in [4.78, 5) is 0. The molecule has 12 heteroatoms. The summed E-state index contributed by atoms with van der Waals surface area (Å²) in [6.07, 6.45) is 6.70. The molecule has 0 bridgehead atoms. The molecular weight excluding hydrogens is 589 g/mol. The Bertz CT molecular complexity index is 610. The predicted molar refractivity (Wildman–Crippen MR) is 174 cm³/mol.